The molecule has 2 aromatic rings. The fraction of sp³-hybridized carbons (Fsp3) is 0.400. The number of nitrogens with one attached hydrogen (secondary N) is 1. The first-order valence-corrected chi connectivity index (χ1v) is 9.36. The normalized spacial score (nSPS) is 12.6. The van der Waals surface area contributed by atoms with Crippen LogP contribution in [0.5, 0.6) is 0 Å². The van der Waals surface area contributed by atoms with Crippen molar-refractivity contribution in [3.63, 3.8) is 0 Å². The lowest BCUT2D eigenvalue weighted by Crippen LogP contribution is -2.33. The summed E-state index contributed by atoms with van der Waals surface area (Å²) >= 11 is 7.22. The first-order valence-electron chi connectivity index (χ1n) is 6.70. The van der Waals surface area contributed by atoms with E-state index in [4.69, 9.17) is 0 Å². The monoisotopic (exact) mass is 370 g/mol. The molecule has 1 aromatic carbocycles. The topological polar surface area (TPSA) is 24.9 Å². The van der Waals surface area contributed by atoms with E-state index in [-0.39, 0.29) is 0 Å². The molecule has 1 atom stereocenters. The minimum absolute atomic E-state index is 0.457. The third kappa shape index (κ3) is 4.88. The first-order chi connectivity index (χ1) is 9.69. The van der Waals surface area contributed by atoms with Crippen LogP contribution in [-0.2, 0) is 6.42 Å². The van der Waals surface area contributed by atoms with Crippen LogP contribution in [-0.4, -0.2) is 23.3 Å². The fourth-order valence-electron chi connectivity index (χ4n) is 1.99. The van der Waals surface area contributed by atoms with E-state index in [2.05, 4.69) is 63.7 Å². The molecule has 0 aliphatic rings. The summed E-state index contributed by atoms with van der Waals surface area (Å²) in [5, 5.41) is 6.87. The second-order valence-corrected chi connectivity index (χ2v) is 7.54. The van der Waals surface area contributed by atoms with E-state index < -0.39 is 0 Å². The molecule has 2 rings (SSSR count). The predicted molar refractivity (Wildman–Crippen MR) is 92.9 cm³/mol. The van der Waals surface area contributed by atoms with Crippen molar-refractivity contribution >= 4 is 39.0 Å². The van der Waals surface area contributed by atoms with Crippen LogP contribution in [0.3, 0.4) is 0 Å². The lowest BCUT2D eigenvalue weighted by molar-refractivity contribution is 0.567. The molecule has 108 valence electrons. The molecule has 0 saturated heterocycles. The molecule has 0 aliphatic carbocycles. The highest BCUT2D eigenvalue weighted by molar-refractivity contribution is 9.10. The Bertz CT molecular complexity index is 542. The van der Waals surface area contributed by atoms with Gasteiger partial charge in [0.05, 0.1) is 10.7 Å². The summed E-state index contributed by atoms with van der Waals surface area (Å²) in [6.07, 6.45) is 0.996. The van der Waals surface area contributed by atoms with E-state index in [0.717, 1.165) is 23.7 Å². The minimum Gasteiger partial charge on any atom is -0.313 e. The van der Waals surface area contributed by atoms with Gasteiger partial charge in [0.25, 0.3) is 0 Å². The van der Waals surface area contributed by atoms with Crippen molar-refractivity contribution in [2.75, 3.05) is 12.3 Å². The molecule has 0 bridgehead atoms. The number of aryl methyl sites for hydroxylation is 1. The average Bonchev–Trinajstić information content (AvgIpc) is 2.83. The van der Waals surface area contributed by atoms with Crippen LogP contribution < -0.4 is 5.32 Å². The molecule has 0 aliphatic heterocycles. The zero-order valence-corrected chi connectivity index (χ0v) is 14.9. The van der Waals surface area contributed by atoms with Gasteiger partial charge < -0.3 is 5.32 Å². The van der Waals surface area contributed by atoms with Gasteiger partial charge in [-0.2, -0.15) is 0 Å². The second kappa shape index (κ2) is 8.17. The van der Waals surface area contributed by atoms with Crippen molar-refractivity contribution in [3.8, 4) is 0 Å². The Labute approximate surface area is 137 Å². The summed E-state index contributed by atoms with van der Waals surface area (Å²) in [6.45, 7) is 5.21. The van der Waals surface area contributed by atoms with E-state index in [1.807, 2.05) is 17.8 Å². The molecule has 0 radical (unpaired) electrons. The van der Waals surface area contributed by atoms with Gasteiger partial charge in [-0.25, -0.2) is 4.98 Å². The van der Waals surface area contributed by atoms with Gasteiger partial charge in [-0.05, 0) is 41.5 Å². The summed E-state index contributed by atoms with van der Waals surface area (Å²) in [7, 11) is 0. The number of benzene rings is 1. The van der Waals surface area contributed by atoms with Gasteiger partial charge in [0.1, 0.15) is 0 Å². The van der Waals surface area contributed by atoms with Crippen molar-refractivity contribution < 1.29 is 0 Å². The molecular weight excluding hydrogens is 352 g/mol. The summed E-state index contributed by atoms with van der Waals surface area (Å²) in [5.41, 5.74) is 1.20. The Hall–Kier alpha value is -0.360. The standard InChI is InChI=1S/C15H19BrN2S2/c1-3-17-12(8-13-10-19-11(2)18-13)9-20-15-7-5-4-6-14(15)16/h4-7,10,12,17H,3,8-9H2,1-2H3. The van der Waals surface area contributed by atoms with Crippen LogP contribution in [0.1, 0.15) is 17.6 Å². The third-order valence-electron chi connectivity index (χ3n) is 2.89. The largest absolute Gasteiger partial charge is 0.313 e. The summed E-state index contributed by atoms with van der Waals surface area (Å²) in [5.74, 6) is 1.05. The van der Waals surface area contributed by atoms with Crippen LogP contribution in [0.15, 0.2) is 39.0 Å². The smallest absolute Gasteiger partial charge is 0.0897 e. The maximum Gasteiger partial charge on any atom is 0.0897 e. The number of rotatable bonds is 7. The van der Waals surface area contributed by atoms with Crippen molar-refractivity contribution in [2.24, 2.45) is 0 Å². The minimum atomic E-state index is 0.457. The molecule has 5 heteroatoms. The van der Waals surface area contributed by atoms with Gasteiger partial charge in [0.15, 0.2) is 0 Å². The van der Waals surface area contributed by atoms with Gasteiger partial charge in [-0.1, -0.05) is 19.1 Å². The Morgan fingerprint density at radius 2 is 2.20 bits per heavy atom. The molecule has 1 heterocycles. The highest BCUT2D eigenvalue weighted by Crippen LogP contribution is 2.27. The van der Waals surface area contributed by atoms with Crippen molar-refractivity contribution in [1.29, 1.82) is 0 Å². The van der Waals surface area contributed by atoms with Crippen molar-refractivity contribution in [1.82, 2.24) is 10.3 Å². The zero-order valence-electron chi connectivity index (χ0n) is 11.7. The molecular formula is C15H19BrN2S2. The summed E-state index contributed by atoms with van der Waals surface area (Å²) in [4.78, 5) is 5.86. The summed E-state index contributed by atoms with van der Waals surface area (Å²) < 4.78 is 1.17. The number of halogens is 1. The third-order valence-corrected chi connectivity index (χ3v) is 5.90. The van der Waals surface area contributed by atoms with Gasteiger partial charge in [0.2, 0.25) is 0 Å². The molecule has 1 aromatic heterocycles. The maximum absolute atomic E-state index is 4.57. The molecule has 2 nitrogen and oxygen atoms in total. The van der Waals surface area contributed by atoms with E-state index in [1.54, 1.807) is 11.3 Å². The van der Waals surface area contributed by atoms with E-state index >= 15 is 0 Å². The number of thioether (sulfide) groups is 1. The van der Waals surface area contributed by atoms with Crippen molar-refractivity contribution in [3.05, 3.63) is 44.8 Å². The number of likely N-dealkylation sites (N-methyl/N-ethyl adjacent to an activating group) is 1. The van der Waals surface area contributed by atoms with E-state index in [9.17, 15) is 0 Å². The molecule has 1 unspecified atom stereocenters. The fourth-order valence-corrected chi connectivity index (χ4v) is 4.24. The molecule has 0 spiro atoms. The van der Waals surface area contributed by atoms with Crippen LogP contribution in [0.4, 0.5) is 0 Å². The Morgan fingerprint density at radius 1 is 1.40 bits per heavy atom. The Kier molecular flexibility index (Phi) is 6.55. The number of hydrogen-bond acceptors (Lipinski definition) is 4. The number of thiazole rings is 1. The molecule has 0 amide bonds. The second-order valence-electron chi connectivity index (χ2n) is 4.56. The lowest BCUT2D eigenvalue weighted by Gasteiger charge is -2.16. The molecule has 1 N–H and O–H groups in total. The molecule has 20 heavy (non-hydrogen) atoms. The highest BCUT2D eigenvalue weighted by atomic mass is 79.9. The quantitative estimate of drug-likeness (QED) is 0.724. The van der Waals surface area contributed by atoms with Crippen LogP contribution >= 0.6 is 39.0 Å². The van der Waals surface area contributed by atoms with Gasteiger partial charge in [-0.15, -0.1) is 23.1 Å². The van der Waals surface area contributed by atoms with Crippen LogP contribution in [0.2, 0.25) is 0 Å². The van der Waals surface area contributed by atoms with Gasteiger partial charge in [-0.3, -0.25) is 0 Å². The summed E-state index contributed by atoms with van der Waals surface area (Å²) in [6, 6.07) is 8.84. The Morgan fingerprint density at radius 3 is 2.85 bits per heavy atom. The van der Waals surface area contributed by atoms with Crippen LogP contribution in [0, 0.1) is 6.92 Å². The van der Waals surface area contributed by atoms with Crippen LogP contribution in [0.25, 0.3) is 0 Å². The zero-order chi connectivity index (χ0) is 14.4. The Balaban J connectivity index is 1.94. The number of aromatic nitrogens is 1. The number of hydrogen-bond donors (Lipinski definition) is 1. The van der Waals surface area contributed by atoms with Crippen molar-refractivity contribution in [2.45, 2.75) is 31.2 Å². The maximum atomic E-state index is 4.57. The average molecular weight is 371 g/mol. The first kappa shape index (κ1) is 16.0. The number of nitrogens with zero attached hydrogens (tertiary/aromatic N) is 1. The highest BCUT2D eigenvalue weighted by Gasteiger charge is 2.12. The SMILES string of the molecule is CCNC(CSc1ccccc1Br)Cc1csc(C)n1. The van der Waals surface area contributed by atoms with Gasteiger partial charge >= 0.3 is 0 Å². The van der Waals surface area contributed by atoms with Gasteiger partial charge in [0, 0.05) is 33.0 Å². The molecule has 0 fully saturated rings. The lowest BCUT2D eigenvalue weighted by atomic mass is 10.2. The van der Waals surface area contributed by atoms with E-state index in [0.29, 0.717) is 6.04 Å². The predicted octanol–water partition coefficient (Wildman–Crippen LogP) is 4.53. The van der Waals surface area contributed by atoms with E-state index in [1.165, 1.54) is 15.1 Å². The molecule has 0 saturated carbocycles.